The van der Waals surface area contributed by atoms with Crippen LogP contribution in [-0.4, -0.2) is 55.7 Å². The van der Waals surface area contributed by atoms with Crippen molar-refractivity contribution in [1.82, 2.24) is 10.2 Å². The lowest BCUT2D eigenvalue weighted by atomic mass is 10.1. The van der Waals surface area contributed by atoms with E-state index in [2.05, 4.69) is 5.32 Å². The summed E-state index contributed by atoms with van der Waals surface area (Å²) in [5.41, 5.74) is 0. The molecule has 19 heavy (non-hydrogen) atoms. The van der Waals surface area contributed by atoms with Gasteiger partial charge >= 0.3 is 6.09 Å². The fourth-order valence-corrected chi connectivity index (χ4v) is 1.73. The number of imide groups is 1. The maximum atomic E-state index is 11.6. The third-order valence-electron chi connectivity index (χ3n) is 2.71. The number of rotatable bonds is 7. The van der Waals surface area contributed by atoms with Crippen LogP contribution in [0.4, 0.5) is 4.79 Å². The standard InChI is InChI=1S/C12H20N2O5/c1-3-13-12(17)19-7-6-18-5-4-14-10(15)8-9(2)11(14)16/h9H,3-8H2,1-2H3,(H,13,17). The molecule has 1 fully saturated rings. The molecule has 1 aliphatic rings. The minimum Gasteiger partial charge on any atom is -0.447 e. The van der Waals surface area contributed by atoms with Gasteiger partial charge in [0.25, 0.3) is 0 Å². The van der Waals surface area contributed by atoms with Gasteiger partial charge in [0, 0.05) is 18.9 Å². The van der Waals surface area contributed by atoms with Crippen molar-refractivity contribution in [3.63, 3.8) is 0 Å². The number of likely N-dealkylation sites (tertiary alicyclic amines) is 1. The van der Waals surface area contributed by atoms with E-state index >= 15 is 0 Å². The topological polar surface area (TPSA) is 84.9 Å². The fraction of sp³-hybridized carbons (Fsp3) is 0.750. The highest BCUT2D eigenvalue weighted by Crippen LogP contribution is 2.17. The lowest BCUT2D eigenvalue weighted by Gasteiger charge is -2.14. The molecule has 1 heterocycles. The molecule has 1 rings (SSSR count). The Hall–Kier alpha value is -1.63. The van der Waals surface area contributed by atoms with Gasteiger partial charge in [-0.3, -0.25) is 14.5 Å². The first-order valence-electron chi connectivity index (χ1n) is 6.38. The van der Waals surface area contributed by atoms with Crippen molar-refractivity contribution < 1.29 is 23.9 Å². The lowest BCUT2D eigenvalue weighted by molar-refractivity contribution is -0.140. The lowest BCUT2D eigenvalue weighted by Crippen LogP contribution is -2.33. The predicted molar refractivity (Wildman–Crippen MR) is 66.3 cm³/mol. The number of carbonyl (C=O) groups is 3. The van der Waals surface area contributed by atoms with Gasteiger partial charge < -0.3 is 14.8 Å². The van der Waals surface area contributed by atoms with Crippen LogP contribution in [0.25, 0.3) is 0 Å². The number of amides is 3. The Kier molecular flexibility index (Phi) is 6.27. The normalized spacial score (nSPS) is 18.8. The predicted octanol–water partition coefficient (Wildman–Crippen LogP) is 0.144. The molecule has 0 radical (unpaired) electrons. The van der Waals surface area contributed by atoms with E-state index in [9.17, 15) is 14.4 Å². The van der Waals surface area contributed by atoms with Crippen LogP contribution < -0.4 is 5.32 Å². The number of nitrogens with one attached hydrogen (secondary N) is 1. The Labute approximate surface area is 112 Å². The summed E-state index contributed by atoms with van der Waals surface area (Å²) in [5.74, 6) is -0.527. The van der Waals surface area contributed by atoms with Crippen molar-refractivity contribution in [3.05, 3.63) is 0 Å². The van der Waals surface area contributed by atoms with E-state index in [1.165, 1.54) is 4.90 Å². The number of hydrogen-bond acceptors (Lipinski definition) is 5. The first-order chi connectivity index (χ1) is 9.06. The molecule has 1 unspecified atom stereocenters. The van der Waals surface area contributed by atoms with Gasteiger partial charge in [0.05, 0.1) is 19.8 Å². The average molecular weight is 272 g/mol. The Bertz CT molecular complexity index is 345. The Morgan fingerprint density at radius 3 is 2.68 bits per heavy atom. The van der Waals surface area contributed by atoms with E-state index in [1.54, 1.807) is 13.8 Å². The molecule has 0 aromatic carbocycles. The third-order valence-corrected chi connectivity index (χ3v) is 2.71. The molecule has 0 saturated carbocycles. The SMILES string of the molecule is CCNC(=O)OCCOCCN1C(=O)CC(C)C1=O. The van der Waals surface area contributed by atoms with Crippen molar-refractivity contribution in [3.8, 4) is 0 Å². The van der Waals surface area contributed by atoms with E-state index in [-0.39, 0.29) is 50.5 Å². The summed E-state index contributed by atoms with van der Waals surface area (Å²) in [4.78, 5) is 35.2. The molecular formula is C12H20N2O5. The zero-order chi connectivity index (χ0) is 14.3. The molecule has 3 amide bonds. The highest BCUT2D eigenvalue weighted by molar-refractivity contribution is 6.03. The van der Waals surface area contributed by atoms with E-state index < -0.39 is 6.09 Å². The van der Waals surface area contributed by atoms with Gasteiger partial charge in [0.15, 0.2) is 0 Å². The van der Waals surface area contributed by atoms with E-state index in [0.29, 0.717) is 6.54 Å². The monoisotopic (exact) mass is 272 g/mol. The molecule has 0 aliphatic carbocycles. The van der Waals surface area contributed by atoms with Crippen LogP contribution in [0.2, 0.25) is 0 Å². The molecule has 7 heteroatoms. The van der Waals surface area contributed by atoms with Gasteiger partial charge in [0.1, 0.15) is 6.61 Å². The number of nitrogens with zero attached hydrogens (tertiary/aromatic N) is 1. The van der Waals surface area contributed by atoms with E-state index in [0.717, 1.165) is 0 Å². The third kappa shape index (κ3) is 4.86. The summed E-state index contributed by atoms with van der Waals surface area (Å²) in [6.45, 7) is 4.93. The Balaban J connectivity index is 2.07. The summed E-state index contributed by atoms with van der Waals surface area (Å²) in [6.07, 6.45) is -0.205. The molecule has 108 valence electrons. The number of hydrogen-bond donors (Lipinski definition) is 1. The Morgan fingerprint density at radius 2 is 2.11 bits per heavy atom. The maximum Gasteiger partial charge on any atom is 0.407 e. The second kappa shape index (κ2) is 7.73. The Morgan fingerprint density at radius 1 is 1.37 bits per heavy atom. The first-order valence-corrected chi connectivity index (χ1v) is 6.38. The van der Waals surface area contributed by atoms with E-state index in [1.807, 2.05) is 0 Å². The van der Waals surface area contributed by atoms with Gasteiger partial charge in [-0.2, -0.15) is 0 Å². The smallest absolute Gasteiger partial charge is 0.407 e. The molecule has 0 aromatic heterocycles. The van der Waals surface area contributed by atoms with E-state index in [4.69, 9.17) is 9.47 Å². The summed E-state index contributed by atoms with van der Waals surface area (Å²) in [6, 6.07) is 0. The number of ether oxygens (including phenoxy) is 2. The second-order valence-corrected chi connectivity index (χ2v) is 4.27. The molecular weight excluding hydrogens is 252 g/mol. The summed E-state index contributed by atoms with van der Waals surface area (Å²) in [5, 5.41) is 2.48. The molecule has 0 bridgehead atoms. The molecule has 1 aliphatic heterocycles. The number of carbonyl (C=O) groups excluding carboxylic acids is 3. The van der Waals surface area contributed by atoms with Crippen LogP contribution in [0.5, 0.6) is 0 Å². The van der Waals surface area contributed by atoms with Crippen LogP contribution >= 0.6 is 0 Å². The molecule has 0 aromatic rings. The van der Waals surface area contributed by atoms with Crippen molar-refractivity contribution >= 4 is 17.9 Å². The highest BCUT2D eigenvalue weighted by atomic mass is 16.6. The summed E-state index contributed by atoms with van der Waals surface area (Å²) < 4.78 is 10.00. The quantitative estimate of drug-likeness (QED) is 0.526. The molecule has 1 atom stereocenters. The minimum atomic E-state index is -0.482. The zero-order valence-corrected chi connectivity index (χ0v) is 11.3. The average Bonchev–Trinajstić information content (AvgIpc) is 2.59. The number of alkyl carbamates (subject to hydrolysis) is 1. The van der Waals surface area contributed by atoms with Gasteiger partial charge in [-0.25, -0.2) is 4.79 Å². The largest absolute Gasteiger partial charge is 0.447 e. The fourth-order valence-electron chi connectivity index (χ4n) is 1.73. The summed E-state index contributed by atoms with van der Waals surface area (Å²) in [7, 11) is 0. The molecule has 1 N–H and O–H groups in total. The van der Waals surface area contributed by atoms with Crippen LogP contribution in [0.15, 0.2) is 0 Å². The molecule has 7 nitrogen and oxygen atoms in total. The highest BCUT2D eigenvalue weighted by Gasteiger charge is 2.34. The maximum absolute atomic E-state index is 11.6. The van der Waals surface area contributed by atoms with Gasteiger partial charge in [-0.05, 0) is 6.92 Å². The first kappa shape index (κ1) is 15.4. The second-order valence-electron chi connectivity index (χ2n) is 4.27. The van der Waals surface area contributed by atoms with Crippen LogP contribution in [0.3, 0.4) is 0 Å². The van der Waals surface area contributed by atoms with Crippen molar-refractivity contribution in [1.29, 1.82) is 0 Å². The van der Waals surface area contributed by atoms with Crippen LogP contribution in [0.1, 0.15) is 20.3 Å². The van der Waals surface area contributed by atoms with Crippen LogP contribution in [0, 0.1) is 5.92 Å². The summed E-state index contributed by atoms with van der Waals surface area (Å²) >= 11 is 0. The van der Waals surface area contributed by atoms with Gasteiger partial charge in [0.2, 0.25) is 11.8 Å². The van der Waals surface area contributed by atoms with Gasteiger partial charge in [-0.15, -0.1) is 0 Å². The molecule has 0 spiro atoms. The van der Waals surface area contributed by atoms with Crippen LogP contribution in [-0.2, 0) is 19.1 Å². The van der Waals surface area contributed by atoms with Crippen molar-refractivity contribution in [2.24, 2.45) is 5.92 Å². The minimum absolute atomic E-state index is 0.143. The van der Waals surface area contributed by atoms with Crippen molar-refractivity contribution in [2.75, 3.05) is 32.9 Å². The molecule has 1 saturated heterocycles. The zero-order valence-electron chi connectivity index (χ0n) is 11.3. The van der Waals surface area contributed by atoms with Gasteiger partial charge in [-0.1, -0.05) is 6.92 Å². The van der Waals surface area contributed by atoms with Crippen molar-refractivity contribution in [2.45, 2.75) is 20.3 Å².